The number of carbonyl (C=O) groups excluding carboxylic acids is 1. The van der Waals surface area contributed by atoms with Crippen LogP contribution >= 0.6 is 0 Å². The lowest BCUT2D eigenvalue weighted by Gasteiger charge is -2.16. The first kappa shape index (κ1) is 14.4. The van der Waals surface area contributed by atoms with E-state index in [0.29, 0.717) is 11.3 Å². The third-order valence-corrected chi connectivity index (χ3v) is 3.03. The molecule has 4 N–H and O–H groups in total. The Kier molecular flexibility index (Phi) is 4.42. The van der Waals surface area contributed by atoms with Crippen LogP contribution in [-0.4, -0.2) is 6.03 Å². The molecule has 1 unspecified atom stereocenters. The van der Waals surface area contributed by atoms with Gasteiger partial charge >= 0.3 is 6.03 Å². The van der Waals surface area contributed by atoms with E-state index in [1.165, 1.54) is 0 Å². The highest BCUT2D eigenvalue weighted by molar-refractivity contribution is 5.88. The minimum absolute atomic E-state index is 0.0297. The minimum atomic E-state index is -0.595. The van der Waals surface area contributed by atoms with Crippen molar-refractivity contribution in [3.63, 3.8) is 0 Å². The molecule has 0 bridgehead atoms. The molecule has 0 saturated heterocycles. The van der Waals surface area contributed by atoms with Gasteiger partial charge in [0, 0.05) is 17.4 Å². The normalized spacial score (nSPS) is 11.2. The lowest BCUT2D eigenvalue weighted by Crippen LogP contribution is -2.19. The maximum atomic E-state index is 10.9. The first-order chi connectivity index (χ1) is 10.1. The summed E-state index contributed by atoms with van der Waals surface area (Å²) in [6.45, 7) is 2.00. The molecule has 106 valence electrons. The number of nitrogens with two attached hydrogens (primary N) is 1. The summed E-state index contributed by atoms with van der Waals surface area (Å²) in [6.07, 6.45) is 0. The SMILES string of the molecule is CC(Nc1cccc(NC(N)=O)c1)c1cccc(C#N)c1. The summed E-state index contributed by atoms with van der Waals surface area (Å²) in [5, 5.41) is 14.8. The number of benzene rings is 2. The Labute approximate surface area is 123 Å². The van der Waals surface area contributed by atoms with Crippen LogP contribution in [0.2, 0.25) is 0 Å². The average Bonchev–Trinajstić information content (AvgIpc) is 2.47. The van der Waals surface area contributed by atoms with Crippen molar-refractivity contribution in [1.29, 1.82) is 5.26 Å². The summed E-state index contributed by atoms with van der Waals surface area (Å²) in [6, 6.07) is 16.3. The molecule has 21 heavy (non-hydrogen) atoms. The molecular weight excluding hydrogens is 264 g/mol. The van der Waals surface area contributed by atoms with Crippen molar-refractivity contribution >= 4 is 17.4 Å². The lowest BCUT2D eigenvalue weighted by atomic mass is 10.1. The van der Waals surface area contributed by atoms with Crippen LogP contribution in [0.15, 0.2) is 48.5 Å². The molecule has 0 aliphatic carbocycles. The third kappa shape index (κ3) is 3.98. The minimum Gasteiger partial charge on any atom is -0.378 e. The zero-order chi connectivity index (χ0) is 15.2. The van der Waals surface area contributed by atoms with Crippen molar-refractivity contribution in [2.45, 2.75) is 13.0 Å². The molecule has 0 aliphatic rings. The Morgan fingerprint density at radius 1 is 1.19 bits per heavy atom. The van der Waals surface area contributed by atoms with Gasteiger partial charge in [0.15, 0.2) is 0 Å². The Balaban J connectivity index is 2.13. The summed E-state index contributed by atoms with van der Waals surface area (Å²) in [4.78, 5) is 10.9. The van der Waals surface area contributed by atoms with Gasteiger partial charge < -0.3 is 16.4 Å². The topological polar surface area (TPSA) is 90.9 Å². The molecule has 5 heteroatoms. The van der Waals surface area contributed by atoms with E-state index < -0.39 is 6.03 Å². The number of primary amides is 1. The smallest absolute Gasteiger partial charge is 0.316 e. The lowest BCUT2D eigenvalue weighted by molar-refractivity contribution is 0.259. The molecule has 2 amide bonds. The zero-order valence-corrected chi connectivity index (χ0v) is 11.6. The summed E-state index contributed by atoms with van der Waals surface area (Å²) in [5.74, 6) is 0. The molecule has 2 aromatic rings. The van der Waals surface area contributed by atoms with Gasteiger partial charge in [-0.2, -0.15) is 5.26 Å². The van der Waals surface area contributed by atoms with Gasteiger partial charge in [0.1, 0.15) is 0 Å². The quantitative estimate of drug-likeness (QED) is 0.803. The molecule has 0 aliphatic heterocycles. The van der Waals surface area contributed by atoms with Crippen LogP contribution in [-0.2, 0) is 0 Å². The van der Waals surface area contributed by atoms with E-state index in [2.05, 4.69) is 16.7 Å². The molecule has 2 aromatic carbocycles. The fraction of sp³-hybridized carbons (Fsp3) is 0.125. The van der Waals surface area contributed by atoms with Crippen molar-refractivity contribution in [2.75, 3.05) is 10.6 Å². The first-order valence-electron chi connectivity index (χ1n) is 6.51. The Morgan fingerprint density at radius 2 is 1.90 bits per heavy atom. The molecule has 2 rings (SSSR count). The summed E-state index contributed by atoms with van der Waals surface area (Å²) >= 11 is 0. The fourth-order valence-electron chi connectivity index (χ4n) is 2.04. The molecule has 0 aromatic heterocycles. The van der Waals surface area contributed by atoms with Crippen LogP contribution in [0.5, 0.6) is 0 Å². The van der Waals surface area contributed by atoms with E-state index in [9.17, 15) is 4.79 Å². The average molecular weight is 280 g/mol. The van der Waals surface area contributed by atoms with E-state index in [4.69, 9.17) is 11.0 Å². The maximum absolute atomic E-state index is 10.9. The Hall–Kier alpha value is -3.00. The first-order valence-corrected chi connectivity index (χ1v) is 6.51. The summed E-state index contributed by atoms with van der Waals surface area (Å²) in [5.41, 5.74) is 8.23. The van der Waals surface area contributed by atoms with E-state index >= 15 is 0 Å². The summed E-state index contributed by atoms with van der Waals surface area (Å²) in [7, 11) is 0. The second kappa shape index (κ2) is 6.44. The number of nitrogens with zero attached hydrogens (tertiary/aromatic N) is 1. The Morgan fingerprint density at radius 3 is 2.62 bits per heavy atom. The molecule has 0 saturated carbocycles. The number of anilines is 2. The number of nitrogens with one attached hydrogen (secondary N) is 2. The van der Waals surface area contributed by atoms with Crippen LogP contribution in [0, 0.1) is 11.3 Å². The summed E-state index contributed by atoms with van der Waals surface area (Å²) < 4.78 is 0. The highest BCUT2D eigenvalue weighted by atomic mass is 16.2. The monoisotopic (exact) mass is 280 g/mol. The van der Waals surface area contributed by atoms with Gasteiger partial charge in [0.2, 0.25) is 0 Å². The molecule has 0 radical (unpaired) electrons. The molecule has 5 nitrogen and oxygen atoms in total. The van der Waals surface area contributed by atoms with Crippen LogP contribution in [0.4, 0.5) is 16.2 Å². The fourth-order valence-corrected chi connectivity index (χ4v) is 2.04. The second-order valence-electron chi connectivity index (χ2n) is 4.67. The second-order valence-corrected chi connectivity index (χ2v) is 4.67. The van der Waals surface area contributed by atoms with Crippen LogP contribution in [0.3, 0.4) is 0 Å². The number of amides is 2. The highest BCUT2D eigenvalue weighted by Crippen LogP contribution is 2.22. The van der Waals surface area contributed by atoms with Crippen molar-refractivity contribution in [1.82, 2.24) is 0 Å². The predicted octanol–water partition coefficient (Wildman–Crippen LogP) is 3.22. The van der Waals surface area contributed by atoms with Gasteiger partial charge in [-0.25, -0.2) is 4.79 Å². The van der Waals surface area contributed by atoms with E-state index in [1.54, 1.807) is 18.2 Å². The highest BCUT2D eigenvalue weighted by Gasteiger charge is 2.07. The van der Waals surface area contributed by atoms with Gasteiger partial charge in [-0.3, -0.25) is 0 Å². The number of nitriles is 1. The van der Waals surface area contributed by atoms with Crippen molar-refractivity contribution in [2.24, 2.45) is 5.73 Å². The number of rotatable bonds is 4. The number of urea groups is 1. The maximum Gasteiger partial charge on any atom is 0.316 e. The molecular formula is C16H16N4O. The van der Waals surface area contributed by atoms with Crippen LogP contribution in [0.25, 0.3) is 0 Å². The van der Waals surface area contributed by atoms with Gasteiger partial charge in [-0.05, 0) is 42.8 Å². The van der Waals surface area contributed by atoms with E-state index in [0.717, 1.165) is 11.3 Å². The van der Waals surface area contributed by atoms with E-state index in [-0.39, 0.29) is 6.04 Å². The molecule has 0 fully saturated rings. The predicted molar refractivity (Wildman–Crippen MR) is 82.8 cm³/mol. The number of hydrogen-bond donors (Lipinski definition) is 3. The third-order valence-electron chi connectivity index (χ3n) is 3.03. The van der Waals surface area contributed by atoms with Crippen molar-refractivity contribution < 1.29 is 4.79 Å². The molecule has 1 atom stereocenters. The Bertz CT molecular complexity index is 691. The van der Waals surface area contributed by atoms with Gasteiger partial charge in [0.25, 0.3) is 0 Å². The van der Waals surface area contributed by atoms with Gasteiger partial charge in [-0.15, -0.1) is 0 Å². The van der Waals surface area contributed by atoms with Crippen LogP contribution < -0.4 is 16.4 Å². The van der Waals surface area contributed by atoms with Gasteiger partial charge in [0.05, 0.1) is 11.6 Å². The van der Waals surface area contributed by atoms with Crippen molar-refractivity contribution in [3.8, 4) is 6.07 Å². The van der Waals surface area contributed by atoms with E-state index in [1.807, 2.05) is 37.3 Å². The number of carbonyl (C=O) groups is 1. The largest absolute Gasteiger partial charge is 0.378 e. The zero-order valence-electron chi connectivity index (χ0n) is 11.6. The van der Waals surface area contributed by atoms with Crippen molar-refractivity contribution in [3.05, 3.63) is 59.7 Å². The van der Waals surface area contributed by atoms with Gasteiger partial charge in [-0.1, -0.05) is 18.2 Å². The van der Waals surface area contributed by atoms with Crippen LogP contribution in [0.1, 0.15) is 24.1 Å². The number of hydrogen-bond acceptors (Lipinski definition) is 3. The molecule has 0 spiro atoms. The standard InChI is InChI=1S/C16H16N4O/c1-11(13-5-2-4-12(8-13)10-17)19-14-6-3-7-15(9-14)20-16(18)21/h2-9,11,19H,1H3,(H3,18,20,21). The molecule has 0 heterocycles.